The zero-order chi connectivity index (χ0) is 16.0. The van der Waals surface area contributed by atoms with E-state index in [1.807, 2.05) is 0 Å². The van der Waals surface area contributed by atoms with Crippen LogP contribution in [-0.4, -0.2) is 36.6 Å². The lowest BCUT2D eigenvalue weighted by atomic mass is 10.1. The van der Waals surface area contributed by atoms with Crippen LogP contribution < -0.4 is 0 Å². The summed E-state index contributed by atoms with van der Waals surface area (Å²) in [6.07, 6.45) is 13.7. The average Bonchev–Trinajstić information content (AvgIpc) is 2.50. The molecule has 0 aromatic heterocycles. The third-order valence-electron chi connectivity index (χ3n) is 2.83. The van der Waals surface area contributed by atoms with Gasteiger partial charge >= 0.3 is 0 Å². The highest BCUT2D eigenvalue weighted by atomic mass is 16.5. The minimum Gasteiger partial charge on any atom is -0.502 e. The zero-order valence-electron chi connectivity index (χ0n) is 13.5. The average molecular weight is 302 g/mol. The van der Waals surface area contributed by atoms with Crippen LogP contribution in [0.1, 0.15) is 57.8 Å². The highest BCUT2D eigenvalue weighted by Gasteiger charge is 1.92. The van der Waals surface area contributed by atoms with E-state index in [2.05, 4.69) is 13.2 Å². The lowest BCUT2D eigenvalue weighted by Gasteiger charge is -2.02. The standard InChI is InChI=1S/C14H26O2.C3H8O2/c1-3-15-13-11-9-7-5-6-8-10-12-14-16-4-2;4-2-1-3-5/h3-4H,1-2,5-14H2;4-5H,1-3H2. The van der Waals surface area contributed by atoms with E-state index < -0.39 is 0 Å². The van der Waals surface area contributed by atoms with Crippen molar-refractivity contribution in [3.63, 3.8) is 0 Å². The van der Waals surface area contributed by atoms with Gasteiger partial charge in [0.15, 0.2) is 0 Å². The predicted octanol–water partition coefficient (Wildman–Crippen LogP) is 3.79. The zero-order valence-corrected chi connectivity index (χ0v) is 13.5. The van der Waals surface area contributed by atoms with E-state index in [0.29, 0.717) is 6.42 Å². The van der Waals surface area contributed by atoms with E-state index in [1.54, 1.807) is 0 Å². The second-order valence-corrected chi connectivity index (χ2v) is 4.70. The Morgan fingerprint density at radius 2 is 0.905 bits per heavy atom. The molecule has 2 N–H and O–H groups in total. The Labute approximate surface area is 130 Å². The van der Waals surface area contributed by atoms with Gasteiger partial charge in [-0.15, -0.1) is 0 Å². The number of hydrogen-bond acceptors (Lipinski definition) is 4. The summed E-state index contributed by atoms with van der Waals surface area (Å²) in [6.45, 7) is 8.85. The van der Waals surface area contributed by atoms with Crippen LogP contribution in [0.4, 0.5) is 0 Å². The first kappa shape index (κ1) is 22.3. The first-order valence-electron chi connectivity index (χ1n) is 8.00. The van der Waals surface area contributed by atoms with Gasteiger partial charge in [-0.25, -0.2) is 0 Å². The van der Waals surface area contributed by atoms with Crippen LogP contribution in [0, 0.1) is 0 Å². The van der Waals surface area contributed by atoms with E-state index in [1.165, 1.54) is 51.0 Å². The van der Waals surface area contributed by atoms with E-state index in [4.69, 9.17) is 19.7 Å². The molecule has 0 fully saturated rings. The monoisotopic (exact) mass is 302 g/mol. The fourth-order valence-corrected chi connectivity index (χ4v) is 1.67. The van der Waals surface area contributed by atoms with Gasteiger partial charge in [-0.2, -0.15) is 0 Å². The van der Waals surface area contributed by atoms with E-state index >= 15 is 0 Å². The molecule has 126 valence electrons. The molecule has 0 aliphatic rings. The van der Waals surface area contributed by atoms with Crippen LogP contribution >= 0.6 is 0 Å². The molecule has 4 heteroatoms. The number of aliphatic hydroxyl groups excluding tert-OH is 2. The third kappa shape index (κ3) is 28.0. The van der Waals surface area contributed by atoms with Crippen molar-refractivity contribution in [2.45, 2.75) is 57.8 Å². The van der Waals surface area contributed by atoms with Gasteiger partial charge in [-0.1, -0.05) is 51.7 Å². The molecule has 0 bridgehead atoms. The molecule has 0 saturated heterocycles. The first-order chi connectivity index (χ1) is 10.3. The second kappa shape index (κ2) is 24.0. The van der Waals surface area contributed by atoms with Crippen molar-refractivity contribution in [2.75, 3.05) is 26.4 Å². The van der Waals surface area contributed by atoms with E-state index in [0.717, 1.165) is 26.1 Å². The molecule has 0 spiro atoms. The van der Waals surface area contributed by atoms with Crippen molar-refractivity contribution in [2.24, 2.45) is 0 Å². The maximum atomic E-state index is 7.91. The highest BCUT2D eigenvalue weighted by Crippen LogP contribution is 2.08. The van der Waals surface area contributed by atoms with Crippen molar-refractivity contribution in [3.8, 4) is 0 Å². The Balaban J connectivity index is 0. The van der Waals surface area contributed by atoms with Gasteiger partial charge in [0.1, 0.15) is 0 Å². The van der Waals surface area contributed by atoms with Crippen LogP contribution in [0.15, 0.2) is 25.7 Å². The van der Waals surface area contributed by atoms with Gasteiger partial charge in [0.25, 0.3) is 0 Å². The summed E-state index contributed by atoms with van der Waals surface area (Å²) in [6, 6.07) is 0. The van der Waals surface area contributed by atoms with Gasteiger partial charge in [0, 0.05) is 13.2 Å². The quantitative estimate of drug-likeness (QED) is 0.357. The molecule has 4 nitrogen and oxygen atoms in total. The maximum Gasteiger partial charge on any atom is 0.0873 e. The summed E-state index contributed by atoms with van der Waals surface area (Å²) in [5.74, 6) is 0. The van der Waals surface area contributed by atoms with Crippen molar-refractivity contribution in [1.29, 1.82) is 0 Å². The molecule has 0 aliphatic carbocycles. The molecule has 0 saturated carbocycles. The highest BCUT2D eigenvalue weighted by molar-refractivity contribution is 4.51. The molecule has 0 unspecified atom stereocenters. The van der Waals surface area contributed by atoms with Crippen LogP contribution in [0.25, 0.3) is 0 Å². The minimum absolute atomic E-state index is 0.0938. The molecule has 0 amide bonds. The van der Waals surface area contributed by atoms with E-state index in [-0.39, 0.29) is 13.2 Å². The summed E-state index contributed by atoms with van der Waals surface area (Å²) in [7, 11) is 0. The summed E-state index contributed by atoms with van der Waals surface area (Å²) < 4.78 is 10.1. The topological polar surface area (TPSA) is 58.9 Å². The molecular formula is C17H34O4. The lowest BCUT2D eigenvalue weighted by Crippen LogP contribution is -1.89. The van der Waals surface area contributed by atoms with Gasteiger partial charge in [-0.3, -0.25) is 0 Å². The fourth-order valence-electron chi connectivity index (χ4n) is 1.67. The van der Waals surface area contributed by atoms with Crippen LogP contribution in [0.5, 0.6) is 0 Å². The van der Waals surface area contributed by atoms with Gasteiger partial charge in [-0.05, 0) is 19.3 Å². The number of rotatable bonds is 15. The molecule has 0 rings (SSSR count). The number of ether oxygens (including phenoxy) is 2. The fraction of sp³-hybridized carbons (Fsp3) is 0.765. The second-order valence-electron chi connectivity index (χ2n) is 4.70. The normalized spacial score (nSPS) is 9.43. The Hall–Kier alpha value is -1.00. The van der Waals surface area contributed by atoms with Crippen molar-refractivity contribution >= 4 is 0 Å². The molecule has 21 heavy (non-hydrogen) atoms. The lowest BCUT2D eigenvalue weighted by molar-refractivity contribution is 0.221. The number of hydrogen-bond donors (Lipinski definition) is 2. The predicted molar refractivity (Wildman–Crippen MR) is 88.0 cm³/mol. The van der Waals surface area contributed by atoms with Crippen LogP contribution in [0.2, 0.25) is 0 Å². The smallest absolute Gasteiger partial charge is 0.0873 e. The Morgan fingerprint density at radius 1 is 0.571 bits per heavy atom. The Bertz CT molecular complexity index is 175. The number of unbranched alkanes of at least 4 members (excludes halogenated alkanes) is 7. The molecule has 0 aliphatic heterocycles. The van der Waals surface area contributed by atoms with Crippen molar-refractivity contribution in [1.82, 2.24) is 0 Å². The van der Waals surface area contributed by atoms with Gasteiger partial charge in [0.05, 0.1) is 25.7 Å². The molecule has 0 heterocycles. The SMILES string of the molecule is C=COCCCCCCCCCCOC=C.OCCCO. The van der Waals surface area contributed by atoms with Crippen LogP contribution in [0.3, 0.4) is 0 Å². The van der Waals surface area contributed by atoms with Gasteiger partial charge < -0.3 is 19.7 Å². The van der Waals surface area contributed by atoms with Crippen molar-refractivity contribution < 1.29 is 19.7 Å². The first-order valence-corrected chi connectivity index (χ1v) is 8.00. The molecule has 0 radical (unpaired) electrons. The van der Waals surface area contributed by atoms with Crippen molar-refractivity contribution in [3.05, 3.63) is 25.7 Å². The largest absolute Gasteiger partial charge is 0.502 e. The maximum absolute atomic E-state index is 7.91. The van der Waals surface area contributed by atoms with Gasteiger partial charge in [0.2, 0.25) is 0 Å². The third-order valence-corrected chi connectivity index (χ3v) is 2.83. The Morgan fingerprint density at radius 3 is 1.14 bits per heavy atom. The van der Waals surface area contributed by atoms with E-state index in [9.17, 15) is 0 Å². The summed E-state index contributed by atoms with van der Waals surface area (Å²) in [4.78, 5) is 0. The summed E-state index contributed by atoms with van der Waals surface area (Å²) in [5, 5.41) is 15.8. The number of aliphatic hydroxyl groups is 2. The molecular weight excluding hydrogens is 268 g/mol. The van der Waals surface area contributed by atoms with Crippen LogP contribution in [-0.2, 0) is 9.47 Å². The summed E-state index contributed by atoms with van der Waals surface area (Å²) in [5.41, 5.74) is 0. The minimum atomic E-state index is 0.0938. The molecule has 0 aromatic rings. The summed E-state index contributed by atoms with van der Waals surface area (Å²) >= 11 is 0. The molecule has 0 aromatic carbocycles. The Kier molecular flexibility index (Phi) is 25.5. The molecule has 0 atom stereocenters.